The molecule has 0 aliphatic carbocycles. The van der Waals surface area contributed by atoms with Crippen LogP contribution in [0.25, 0.3) is 11.0 Å². The van der Waals surface area contributed by atoms with E-state index >= 15 is 0 Å². The van der Waals surface area contributed by atoms with Crippen molar-refractivity contribution in [1.29, 1.82) is 0 Å². The Morgan fingerprint density at radius 3 is 2.94 bits per heavy atom. The average molecular weight is 433 g/mol. The minimum Gasteiger partial charge on any atom is -0.358 e. The fourth-order valence-electron chi connectivity index (χ4n) is 3.88. The standard InChI is InChI=1S/C22H26F3N5O/c1-4-16(30-12-6-9-21(30,3)20(31)29-14-22(23,24)25)8-11-26-15(2)18-13-28-19-17(18)7-5-10-27-19/h4-5,7-8,10-11,13H,6,9,12,14H2,1-3H3,(H,27,28)(H,29,31)/b11-8-,16-4+,26-15?. The van der Waals surface area contributed by atoms with Gasteiger partial charge in [-0.25, -0.2) is 4.98 Å². The second kappa shape index (κ2) is 8.95. The van der Waals surface area contributed by atoms with E-state index in [1.54, 1.807) is 25.4 Å². The molecule has 3 heterocycles. The molecule has 1 aliphatic heterocycles. The highest BCUT2D eigenvalue weighted by atomic mass is 19.4. The van der Waals surface area contributed by atoms with Gasteiger partial charge >= 0.3 is 6.18 Å². The highest BCUT2D eigenvalue weighted by molar-refractivity contribution is 6.09. The van der Waals surface area contributed by atoms with Crippen molar-refractivity contribution >= 4 is 22.7 Å². The first-order chi connectivity index (χ1) is 14.7. The number of H-pyrrole nitrogens is 1. The number of amides is 1. The molecular weight excluding hydrogens is 407 g/mol. The number of aliphatic imine (C=N–C) groups is 1. The molecule has 1 saturated heterocycles. The van der Waals surface area contributed by atoms with Crippen molar-refractivity contribution < 1.29 is 18.0 Å². The summed E-state index contributed by atoms with van der Waals surface area (Å²) in [5, 5.41) is 3.00. The molecule has 9 heteroatoms. The minimum atomic E-state index is -4.44. The van der Waals surface area contributed by atoms with Crippen LogP contribution in [0.5, 0.6) is 0 Å². The van der Waals surface area contributed by atoms with E-state index in [0.29, 0.717) is 19.4 Å². The number of carbonyl (C=O) groups is 1. The second-order valence-electron chi connectivity index (χ2n) is 7.67. The molecule has 1 amide bonds. The Hall–Kier alpha value is -3.10. The van der Waals surface area contributed by atoms with Crippen LogP contribution in [0.3, 0.4) is 0 Å². The minimum absolute atomic E-state index is 0.479. The average Bonchev–Trinajstić information content (AvgIpc) is 3.33. The summed E-state index contributed by atoms with van der Waals surface area (Å²) in [7, 11) is 0. The number of likely N-dealkylation sites (tertiary alicyclic amines) is 1. The summed E-state index contributed by atoms with van der Waals surface area (Å²) in [5.74, 6) is -0.624. The fraction of sp³-hybridized carbons (Fsp3) is 0.409. The molecule has 0 saturated carbocycles. The summed E-state index contributed by atoms with van der Waals surface area (Å²) in [6.45, 7) is 4.64. The Morgan fingerprint density at radius 2 is 2.23 bits per heavy atom. The normalized spacial score (nSPS) is 20.8. The number of nitrogens with one attached hydrogen (secondary N) is 2. The molecule has 31 heavy (non-hydrogen) atoms. The number of aromatic nitrogens is 2. The maximum absolute atomic E-state index is 12.6. The molecule has 1 aliphatic rings. The molecule has 2 aromatic heterocycles. The monoisotopic (exact) mass is 433 g/mol. The number of rotatable bonds is 6. The Kier molecular flexibility index (Phi) is 6.52. The number of hydrogen-bond acceptors (Lipinski definition) is 4. The van der Waals surface area contributed by atoms with Gasteiger partial charge in [0.2, 0.25) is 5.91 Å². The van der Waals surface area contributed by atoms with Gasteiger partial charge in [0.15, 0.2) is 0 Å². The van der Waals surface area contributed by atoms with Crippen LogP contribution in [0.15, 0.2) is 53.6 Å². The fourth-order valence-corrected chi connectivity index (χ4v) is 3.88. The molecule has 1 fully saturated rings. The lowest BCUT2D eigenvalue weighted by Crippen LogP contribution is -2.54. The van der Waals surface area contributed by atoms with E-state index in [4.69, 9.17) is 0 Å². The Balaban J connectivity index is 1.76. The maximum Gasteiger partial charge on any atom is 0.405 e. The zero-order valence-electron chi connectivity index (χ0n) is 17.8. The van der Waals surface area contributed by atoms with E-state index < -0.39 is 24.2 Å². The molecule has 0 bridgehead atoms. The molecular formula is C22H26F3N5O. The Morgan fingerprint density at radius 1 is 1.45 bits per heavy atom. The predicted octanol–water partition coefficient (Wildman–Crippen LogP) is 4.32. The summed E-state index contributed by atoms with van der Waals surface area (Å²) in [4.78, 5) is 26.3. The number of halogens is 3. The van der Waals surface area contributed by atoms with E-state index in [1.807, 2.05) is 48.5 Å². The summed E-state index contributed by atoms with van der Waals surface area (Å²) >= 11 is 0. The lowest BCUT2D eigenvalue weighted by atomic mass is 9.97. The highest BCUT2D eigenvalue weighted by Gasteiger charge is 2.44. The van der Waals surface area contributed by atoms with Gasteiger partial charge in [-0.1, -0.05) is 6.08 Å². The topological polar surface area (TPSA) is 73.4 Å². The van der Waals surface area contributed by atoms with E-state index in [2.05, 4.69) is 15.0 Å². The van der Waals surface area contributed by atoms with Gasteiger partial charge in [-0.15, -0.1) is 0 Å². The third-order valence-corrected chi connectivity index (χ3v) is 5.54. The molecule has 3 rings (SSSR count). The lowest BCUT2D eigenvalue weighted by molar-refractivity contribution is -0.144. The molecule has 2 N–H and O–H groups in total. The van der Waals surface area contributed by atoms with Crippen molar-refractivity contribution in [1.82, 2.24) is 20.2 Å². The van der Waals surface area contributed by atoms with Gasteiger partial charge in [-0.05, 0) is 51.8 Å². The van der Waals surface area contributed by atoms with Crippen LogP contribution in [0, 0.1) is 0 Å². The Bertz CT molecular complexity index is 1040. The molecule has 166 valence electrons. The van der Waals surface area contributed by atoms with Gasteiger partial charge in [0.25, 0.3) is 0 Å². The van der Waals surface area contributed by atoms with Crippen LogP contribution < -0.4 is 5.32 Å². The lowest BCUT2D eigenvalue weighted by Gasteiger charge is -2.36. The van der Waals surface area contributed by atoms with Crippen molar-refractivity contribution in [2.75, 3.05) is 13.1 Å². The number of fused-ring (bicyclic) bond motifs is 1. The first kappa shape index (κ1) is 22.6. The number of pyridine rings is 1. The highest BCUT2D eigenvalue weighted by Crippen LogP contribution is 2.33. The molecule has 1 unspecified atom stereocenters. The first-order valence-electron chi connectivity index (χ1n) is 10.1. The molecule has 2 aromatic rings. The summed E-state index contributed by atoms with van der Waals surface area (Å²) in [6, 6.07) is 3.82. The van der Waals surface area contributed by atoms with Gasteiger partial charge in [0, 0.05) is 47.5 Å². The van der Waals surface area contributed by atoms with Gasteiger partial charge in [-0.3, -0.25) is 9.79 Å². The third kappa shape index (κ3) is 4.98. The van der Waals surface area contributed by atoms with Crippen LogP contribution in [0.2, 0.25) is 0 Å². The van der Waals surface area contributed by atoms with Crippen LogP contribution in [0.1, 0.15) is 39.2 Å². The molecule has 1 atom stereocenters. The van der Waals surface area contributed by atoms with Crippen molar-refractivity contribution in [3.05, 3.63) is 54.1 Å². The van der Waals surface area contributed by atoms with Crippen LogP contribution >= 0.6 is 0 Å². The smallest absolute Gasteiger partial charge is 0.358 e. The predicted molar refractivity (Wildman–Crippen MR) is 115 cm³/mol. The molecule has 0 spiro atoms. The zero-order valence-corrected chi connectivity index (χ0v) is 17.8. The quantitative estimate of drug-likeness (QED) is 0.526. The van der Waals surface area contributed by atoms with Crippen molar-refractivity contribution in [2.45, 2.75) is 45.3 Å². The SMILES string of the molecule is C/C=C(\C=C/N=C(C)c1c[nH]c2ncccc12)N1CCCC1(C)C(=O)NCC(F)(F)F. The third-order valence-electron chi connectivity index (χ3n) is 5.54. The van der Waals surface area contributed by atoms with E-state index in [1.165, 1.54) is 0 Å². The number of allylic oxidation sites excluding steroid dienone is 2. The zero-order chi connectivity index (χ0) is 22.6. The number of aromatic amines is 1. The van der Waals surface area contributed by atoms with E-state index in [-0.39, 0.29) is 0 Å². The van der Waals surface area contributed by atoms with E-state index in [0.717, 1.165) is 28.0 Å². The largest absolute Gasteiger partial charge is 0.405 e. The van der Waals surface area contributed by atoms with Crippen LogP contribution in [0.4, 0.5) is 13.2 Å². The van der Waals surface area contributed by atoms with Crippen LogP contribution in [-0.4, -0.2) is 51.3 Å². The summed E-state index contributed by atoms with van der Waals surface area (Å²) in [6.07, 6.45) is 5.57. The summed E-state index contributed by atoms with van der Waals surface area (Å²) < 4.78 is 37.6. The van der Waals surface area contributed by atoms with E-state index in [9.17, 15) is 18.0 Å². The van der Waals surface area contributed by atoms with Crippen molar-refractivity contribution in [3.8, 4) is 0 Å². The second-order valence-corrected chi connectivity index (χ2v) is 7.67. The molecule has 0 radical (unpaired) electrons. The number of carbonyl (C=O) groups excluding carboxylic acids is 1. The number of nitrogens with zero attached hydrogens (tertiary/aromatic N) is 3. The van der Waals surface area contributed by atoms with Gasteiger partial charge < -0.3 is 15.2 Å². The first-order valence-corrected chi connectivity index (χ1v) is 10.1. The summed E-state index contributed by atoms with van der Waals surface area (Å²) in [5.41, 5.74) is 2.20. The number of alkyl halides is 3. The maximum atomic E-state index is 12.6. The number of hydrogen-bond donors (Lipinski definition) is 2. The van der Waals surface area contributed by atoms with Crippen molar-refractivity contribution in [2.24, 2.45) is 4.99 Å². The molecule has 0 aromatic carbocycles. The van der Waals surface area contributed by atoms with Gasteiger partial charge in [0.05, 0.1) is 0 Å². The van der Waals surface area contributed by atoms with Crippen LogP contribution in [-0.2, 0) is 4.79 Å². The van der Waals surface area contributed by atoms with Gasteiger partial charge in [0.1, 0.15) is 17.7 Å². The Labute approximate surface area is 178 Å². The van der Waals surface area contributed by atoms with Crippen molar-refractivity contribution in [3.63, 3.8) is 0 Å². The van der Waals surface area contributed by atoms with Gasteiger partial charge in [-0.2, -0.15) is 13.2 Å². The molecule has 6 nitrogen and oxygen atoms in total.